The summed E-state index contributed by atoms with van der Waals surface area (Å²) in [6.45, 7) is 3.71. The van der Waals surface area contributed by atoms with Crippen LogP contribution >= 0.6 is 0 Å². The van der Waals surface area contributed by atoms with Gasteiger partial charge in [-0.05, 0) is 25.8 Å². The fraction of sp³-hybridized carbons (Fsp3) is 0.400. The van der Waals surface area contributed by atoms with E-state index in [0.29, 0.717) is 0 Å². The SMILES string of the molecule is CB1Oc2ccccc2O1.COB(C)OC. The number of rotatable bonds is 2. The Morgan fingerprint density at radius 1 is 1.06 bits per heavy atom. The van der Waals surface area contributed by atoms with Crippen molar-refractivity contribution in [3.63, 3.8) is 0 Å². The van der Waals surface area contributed by atoms with Gasteiger partial charge >= 0.3 is 14.2 Å². The van der Waals surface area contributed by atoms with Crippen LogP contribution in [0, 0.1) is 0 Å². The van der Waals surface area contributed by atoms with E-state index in [4.69, 9.17) is 9.31 Å². The first-order valence-electron chi connectivity index (χ1n) is 5.15. The number of hydrogen-bond acceptors (Lipinski definition) is 4. The van der Waals surface area contributed by atoms with E-state index in [-0.39, 0.29) is 14.2 Å². The van der Waals surface area contributed by atoms with Gasteiger partial charge in [0.15, 0.2) is 0 Å². The van der Waals surface area contributed by atoms with Crippen LogP contribution in [0.15, 0.2) is 24.3 Å². The van der Waals surface area contributed by atoms with Gasteiger partial charge < -0.3 is 18.6 Å². The monoisotopic (exact) mass is 222 g/mol. The van der Waals surface area contributed by atoms with E-state index in [1.54, 1.807) is 14.2 Å². The highest BCUT2D eigenvalue weighted by molar-refractivity contribution is 6.45. The largest absolute Gasteiger partial charge is 0.591 e. The normalized spacial score (nSPS) is 11.9. The molecule has 0 aliphatic carbocycles. The van der Waals surface area contributed by atoms with Crippen LogP contribution in [0.5, 0.6) is 11.5 Å². The zero-order valence-electron chi connectivity index (χ0n) is 10.1. The molecular formula is C10H16B2O4. The lowest BCUT2D eigenvalue weighted by atomic mass is 9.96. The Bertz CT molecular complexity index is 292. The quantitative estimate of drug-likeness (QED) is 0.716. The Balaban J connectivity index is 0.000000187. The van der Waals surface area contributed by atoms with E-state index in [9.17, 15) is 0 Å². The average molecular weight is 222 g/mol. The Hall–Kier alpha value is -1.13. The highest BCUT2D eigenvalue weighted by Gasteiger charge is 2.24. The lowest BCUT2D eigenvalue weighted by Gasteiger charge is -1.97. The van der Waals surface area contributed by atoms with Gasteiger partial charge in [-0.15, -0.1) is 0 Å². The van der Waals surface area contributed by atoms with Crippen molar-refractivity contribution in [1.29, 1.82) is 0 Å². The van der Waals surface area contributed by atoms with Crippen LogP contribution in [0.3, 0.4) is 0 Å². The molecule has 1 heterocycles. The highest BCUT2D eigenvalue weighted by atomic mass is 16.6. The van der Waals surface area contributed by atoms with Crippen molar-refractivity contribution < 1.29 is 18.6 Å². The average Bonchev–Trinajstić information content (AvgIpc) is 2.68. The molecule has 0 aromatic heterocycles. The third kappa shape index (κ3) is 3.79. The Morgan fingerprint density at radius 3 is 1.81 bits per heavy atom. The summed E-state index contributed by atoms with van der Waals surface area (Å²) < 4.78 is 19.9. The van der Waals surface area contributed by atoms with Gasteiger partial charge in [0.25, 0.3) is 0 Å². The number of hydrogen-bond donors (Lipinski definition) is 0. The summed E-state index contributed by atoms with van der Waals surface area (Å²) in [5.74, 6) is 1.69. The molecule has 0 saturated heterocycles. The van der Waals surface area contributed by atoms with Gasteiger partial charge in [-0.2, -0.15) is 0 Å². The molecular weight excluding hydrogens is 206 g/mol. The lowest BCUT2D eigenvalue weighted by molar-refractivity contribution is 0.285. The second kappa shape index (κ2) is 6.45. The summed E-state index contributed by atoms with van der Waals surface area (Å²) in [6, 6.07) is 7.66. The van der Waals surface area contributed by atoms with E-state index in [1.807, 2.05) is 37.9 Å². The molecule has 2 rings (SSSR count). The van der Waals surface area contributed by atoms with Crippen molar-refractivity contribution in [2.24, 2.45) is 0 Å². The molecule has 6 heteroatoms. The van der Waals surface area contributed by atoms with E-state index in [1.165, 1.54) is 0 Å². The van der Waals surface area contributed by atoms with Gasteiger partial charge in [-0.25, -0.2) is 0 Å². The molecule has 1 aromatic carbocycles. The minimum absolute atomic E-state index is 0.0648. The molecule has 0 atom stereocenters. The molecule has 0 bridgehead atoms. The smallest absolute Gasteiger partial charge is 0.523 e. The Labute approximate surface area is 97.1 Å². The summed E-state index contributed by atoms with van der Waals surface area (Å²) in [5.41, 5.74) is 0. The molecule has 0 amide bonds. The van der Waals surface area contributed by atoms with Gasteiger partial charge in [-0.1, -0.05) is 12.1 Å². The van der Waals surface area contributed by atoms with Crippen molar-refractivity contribution >= 4 is 14.2 Å². The second-order valence-electron chi connectivity index (χ2n) is 3.29. The van der Waals surface area contributed by atoms with Crippen LogP contribution in [-0.4, -0.2) is 28.5 Å². The van der Waals surface area contributed by atoms with Crippen molar-refractivity contribution in [3.05, 3.63) is 24.3 Å². The standard InChI is InChI=1S/C7H7BO2.C3H9BO2/c1-8-9-6-4-2-3-5-7(6)10-8;1-4(5-2)6-3/h2-5H,1H3;1-3H3. The van der Waals surface area contributed by atoms with E-state index >= 15 is 0 Å². The molecule has 1 aliphatic heterocycles. The second-order valence-corrected chi connectivity index (χ2v) is 3.29. The summed E-state index contributed by atoms with van der Waals surface area (Å²) in [7, 11) is 3.02. The van der Waals surface area contributed by atoms with Gasteiger partial charge in [0.2, 0.25) is 0 Å². The molecule has 0 N–H and O–H groups in total. The van der Waals surface area contributed by atoms with Crippen molar-refractivity contribution in [2.45, 2.75) is 13.6 Å². The molecule has 86 valence electrons. The van der Waals surface area contributed by atoms with Crippen LogP contribution in [0.25, 0.3) is 0 Å². The highest BCUT2D eigenvalue weighted by Crippen LogP contribution is 2.32. The van der Waals surface area contributed by atoms with Crippen LogP contribution in [0.4, 0.5) is 0 Å². The van der Waals surface area contributed by atoms with Gasteiger partial charge in [-0.3, -0.25) is 0 Å². The van der Waals surface area contributed by atoms with E-state index < -0.39 is 0 Å². The molecule has 1 aliphatic rings. The molecule has 0 radical (unpaired) electrons. The fourth-order valence-electron chi connectivity index (χ4n) is 1.12. The maximum Gasteiger partial charge on any atom is 0.591 e. The van der Waals surface area contributed by atoms with Gasteiger partial charge in [0.1, 0.15) is 11.5 Å². The summed E-state index contributed by atoms with van der Waals surface area (Å²) in [4.78, 5) is 0. The molecule has 16 heavy (non-hydrogen) atoms. The number of benzene rings is 1. The van der Waals surface area contributed by atoms with Crippen molar-refractivity contribution in [3.8, 4) is 11.5 Å². The van der Waals surface area contributed by atoms with Crippen molar-refractivity contribution in [1.82, 2.24) is 0 Å². The lowest BCUT2D eigenvalue weighted by Crippen LogP contribution is -2.18. The molecule has 0 saturated carbocycles. The molecule has 0 spiro atoms. The topological polar surface area (TPSA) is 36.9 Å². The van der Waals surface area contributed by atoms with E-state index in [2.05, 4.69) is 9.31 Å². The van der Waals surface area contributed by atoms with Crippen LogP contribution in [0.1, 0.15) is 0 Å². The minimum Gasteiger partial charge on any atom is -0.523 e. The first-order valence-corrected chi connectivity index (χ1v) is 5.15. The summed E-state index contributed by atoms with van der Waals surface area (Å²) >= 11 is 0. The van der Waals surface area contributed by atoms with E-state index in [0.717, 1.165) is 11.5 Å². The molecule has 0 fully saturated rings. The van der Waals surface area contributed by atoms with Gasteiger partial charge in [0, 0.05) is 14.2 Å². The maximum atomic E-state index is 5.28. The molecule has 1 aromatic rings. The molecule has 4 nitrogen and oxygen atoms in total. The van der Waals surface area contributed by atoms with Crippen LogP contribution in [-0.2, 0) is 9.31 Å². The summed E-state index contributed by atoms with van der Waals surface area (Å²) in [6.07, 6.45) is 0. The third-order valence-corrected chi connectivity index (χ3v) is 2.10. The van der Waals surface area contributed by atoms with Crippen molar-refractivity contribution in [2.75, 3.05) is 14.2 Å². The minimum atomic E-state index is -0.127. The van der Waals surface area contributed by atoms with Crippen LogP contribution in [0.2, 0.25) is 13.6 Å². The summed E-state index contributed by atoms with van der Waals surface area (Å²) in [5, 5.41) is 0. The molecule has 0 unspecified atom stereocenters. The first kappa shape index (κ1) is 12.9. The fourth-order valence-corrected chi connectivity index (χ4v) is 1.12. The predicted octanol–water partition coefficient (Wildman–Crippen LogP) is 1.97. The number of fused-ring (bicyclic) bond motifs is 1. The Kier molecular flexibility index (Phi) is 5.22. The first-order chi connectivity index (χ1) is 7.67. The number of para-hydroxylation sites is 2. The zero-order valence-corrected chi connectivity index (χ0v) is 10.1. The zero-order chi connectivity index (χ0) is 12.0. The third-order valence-electron chi connectivity index (χ3n) is 2.10. The maximum absolute atomic E-state index is 5.28. The van der Waals surface area contributed by atoms with Crippen LogP contribution < -0.4 is 9.31 Å². The predicted molar refractivity (Wildman–Crippen MR) is 65.0 cm³/mol. The van der Waals surface area contributed by atoms with Gasteiger partial charge in [0.05, 0.1) is 0 Å². The Morgan fingerprint density at radius 2 is 1.50 bits per heavy atom.